The molecule has 7 heteroatoms. The molecule has 20 heavy (non-hydrogen) atoms. The second-order valence-corrected chi connectivity index (χ2v) is 5.23. The summed E-state index contributed by atoms with van der Waals surface area (Å²) in [4.78, 5) is 14.9. The maximum atomic E-state index is 11.0. The standard InChI is InChI=1S/C13H18N4O2S/c1-15-7-4-8-16(10-9-15)13(20)14-11-5-2-3-6-12(11)17(18)19/h2-3,5-6H,4,7-10H2,1H3,(H,14,20). The second kappa shape index (κ2) is 6.62. The van der Waals surface area contributed by atoms with Crippen LogP contribution < -0.4 is 5.32 Å². The van der Waals surface area contributed by atoms with E-state index in [0.29, 0.717) is 10.8 Å². The van der Waals surface area contributed by atoms with Crippen LogP contribution in [0.1, 0.15) is 6.42 Å². The number of nitrogens with one attached hydrogen (secondary N) is 1. The number of likely N-dealkylation sites (N-methyl/N-ethyl adjacent to an activating group) is 1. The molecule has 0 aromatic heterocycles. The van der Waals surface area contributed by atoms with Gasteiger partial charge in [0.05, 0.1) is 4.92 Å². The Morgan fingerprint density at radius 1 is 1.30 bits per heavy atom. The zero-order chi connectivity index (χ0) is 14.5. The van der Waals surface area contributed by atoms with Crippen LogP contribution in [0.15, 0.2) is 24.3 Å². The van der Waals surface area contributed by atoms with Gasteiger partial charge in [0, 0.05) is 25.7 Å². The summed E-state index contributed by atoms with van der Waals surface area (Å²) in [5.74, 6) is 0. The molecule has 1 N–H and O–H groups in total. The van der Waals surface area contributed by atoms with Crippen molar-refractivity contribution in [3.8, 4) is 0 Å². The molecule has 0 spiro atoms. The highest BCUT2D eigenvalue weighted by atomic mass is 32.1. The van der Waals surface area contributed by atoms with Crippen LogP contribution in [0.25, 0.3) is 0 Å². The summed E-state index contributed by atoms with van der Waals surface area (Å²) in [5.41, 5.74) is 0.488. The predicted octanol–water partition coefficient (Wildman–Crippen LogP) is 1.93. The molecule has 1 aliphatic rings. The van der Waals surface area contributed by atoms with Gasteiger partial charge in [0.25, 0.3) is 5.69 Å². The monoisotopic (exact) mass is 294 g/mol. The summed E-state index contributed by atoms with van der Waals surface area (Å²) in [6.07, 6.45) is 1.04. The molecule has 1 saturated heterocycles. The molecule has 1 aromatic carbocycles. The van der Waals surface area contributed by atoms with Crippen molar-refractivity contribution in [1.29, 1.82) is 0 Å². The van der Waals surface area contributed by atoms with Crippen LogP contribution in [0.3, 0.4) is 0 Å². The van der Waals surface area contributed by atoms with Crippen LogP contribution in [0.2, 0.25) is 0 Å². The summed E-state index contributed by atoms with van der Waals surface area (Å²) in [5, 5.41) is 14.5. The first-order valence-corrected chi connectivity index (χ1v) is 6.96. The van der Waals surface area contributed by atoms with Gasteiger partial charge >= 0.3 is 0 Å². The zero-order valence-corrected chi connectivity index (χ0v) is 12.2. The molecule has 1 fully saturated rings. The van der Waals surface area contributed by atoms with E-state index in [1.54, 1.807) is 18.2 Å². The minimum atomic E-state index is -0.402. The van der Waals surface area contributed by atoms with E-state index in [1.807, 2.05) is 0 Å². The van der Waals surface area contributed by atoms with Gasteiger partial charge in [0.1, 0.15) is 5.69 Å². The second-order valence-electron chi connectivity index (χ2n) is 4.85. The minimum absolute atomic E-state index is 0.0433. The Morgan fingerprint density at radius 2 is 2.05 bits per heavy atom. The molecule has 0 aliphatic carbocycles. The SMILES string of the molecule is CN1CCCN(C(=S)Nc2ccccc2[N+](=O)[O-])CC1. The van der Waals surface area contributed by atoms with Crippen molar-refractivity contribution in [3.63, 3.8) is 0 Å². The average Bonchev–Trinajstić information content (AvgIpc) is 2.64. The largest absolute Gasteiger partial charge is 0.348 e. The number of rotatable bonds is 2. The molecule has 0 amide bonds. The maximum absolute atomic E-state index is 11.0. The van der Waals surface area contributed by atoms with Gasteiger partial charge in [0.2, 0.25) is 0 Å². The molecule has 0 unspecified atom stereocenters. The van der Waals surface area contributed by atoms with Crippen LogP contribution in [-0.4, -0.2) is 53.1 Å². The highest BCUT2D eigenvalue weighted by Gasteiger charge is 2.18. The van der Waals surface area contributed by atoms with Crippen LogP contribution in [0.5, 0.6) is 0 Å². The van der Waals surface area contributed by atoms with Gasteiger partial charge in [-0.3, -0.25) is 10.1 Å². The first-order chi connectivity index (χ1) is 9.58. The van der Waals surface area contributed by atoms with Gasteiger partial charge in [-0.05, 0) is 38.3 Å². The summed E-state index contributed by atoms with van der Waals surface area (Å²) < 4.78 is 0. The lowest BCUT2D eigenvalue weighted by molar-refractivity contribution is -0.383. The third-order valence-corrected chi connectivity index (χ3v) is 3.71. The van der Waals surface area contributed by atoms with Crippen LogP contribution >= 0.6 is 12.2 Å². The van der Waals surface area contributed by atoms with Crippen LogP contribution in [0.4, 0.5) is 11.4 Å². The lowest BCUT2D eigenvalue weighted by Crippen LogP contribution is -2.37. The van der Waals surface area contributed by atoms with Crippen molar-refractivity contribution >= 4 is 28.7 Å². The molecule has 0 atom stereocenters. The Balaban J connectivity index is 2.06. The number of hydrogen-bond donors (Lipinski definition) is 1. The quantitative estimate of drug-likeness (QED) is 0.511. The minimum Gasteiger partial charge on any atom is -0.348 e. The predicted molar refractivity (Wildman–Crippen MR) is 83.0 cm³/mol. The van der Waals surface area contributed by atoms with E-state index in [2.05, 4.69) is 22.2 Å². The van der Waals surface area contributed by atoms with E-state index in [1.165, 1.54) is 6.07 Å². The summed E-state index contributed by atoms with van der Waals surface area (Å²) >= 11 is 5.37. The third kappa shape index (κ3) is 3.64. The van der Waals surface area contributed by atoms with E-state index < -0.39 is 4.92 Å². The van der Waals surface area contributed by atoms with Crippen molar-refractivity contribution in [2.24, 2.45) is 0 Å². The number of nitro groups is 1. The third-order valence-electron chi connectivity index (χ3n) is 3.35. The number of hydrogen-bond acceptors (Lipinski definition) is 4. The number of anilines is 1. The van der Waals surface area contributed by atoms with E-state index in [-0.39, 0.29) is 5.69 Å². The van der Waals surface area contributed by atoms with Crippen LogP contribution in [-0.2, 0) is 0 Å². The highest BCUT2D eigenvalue weighted by molar-refractivity contribution is 7.80. The Kier molecular flexibility index (Phi) is 4.86. The Labute approximate surface area is 123 Å². The fraction of sp³-hybridized carbons (Fsp3) is 0.462. The first kappa shape index (κ1) is 14.7. The molecule has 0 saturated carbocycles. The van der Waals surface area contributed by atoms with Crippen molar-refractivity contribution in [2.75, 3.05) is 38.5 Å². The molecule has 1 aromatic rings. The molecule has 0 radical (unpaired) electrons. The lowest BCUT2D eigenvalue weighted by Gasteiger charge is -2.23. The zero-order valence-electron chi connectivity index (χ0n) is 11.4. The van der Waals surface area contributed by atoms with Crippen molar-refractivity contribution in [2.45, 2.75) is 6.42 Å². The van der Waals surface area contributed by atoms with Gasteiger partial charge in [-0.1, -0.05) is 12.1 Å². The number of nitro benzene ring substituents is 1. The van der Waals surface area contributed by atoms with Crippen LogP contribution in [0, 0.1) is 10.1 Å². The number of thiocarbonyl (C=S) groups is 1. The Hall–Kier alpha value is -1.73. The van der Waals surface area contributed by atoms with Gasteiger partial charge in [-0.15, -0.1) is 0 Å². The van der Waals surface area contributed by atoms with Crippen molar-refractivity contribution in [3.05, 3.63) is 34.4 Å². The number of benzene rings is 1. The highest BCUT2D eigenvalue weighted by Crippen LogP contribution is 2.23. The van der Waals surface area contributed by atoms with Gasteiger partial charge in [0.15, 0.2) is 5.11 Å². The fourth-order valence-corrected chi connectivity index (χ4v) is 2.47. The molecule has 6 nitrogen and oxygen atoms in total. The molecule has 1 heterocycles. The maximum Gasteiger partial charge on any atom is 0.292 e. The Morgan fingerprint density at radius 3 is 2.80 bits per heavy atom. The topological polar surface area (TPSA) is 61.6 Å². The van der Waals surface area contributed by atoms with Crippen molar-refractivity contribution < 1.29 is 4.92 Å². The fourth-order valence-electron chi connectivity index (χ4n) is 2.18. The summed E-state index contributed by atoms with van der Waals surface area (Å²) in [6.45, 7) is 3.70. The van der Waals surface area contributed by atoms with E-state index >= 15 is 0 Å². The van der Waals surface area contributed by atoms with E-state index in [0.717, 1.165) is 32.6 Å². The number of nitrogens with zero attached hydrogens (tertiary/aromatic N) is 3. The number of para-hydroxylation sites is 2. The summed E-state index contributed by atoms with van der Waals surface area (Å²) in [6, 6.07) is 6.55. The summed E-state index contributed by atoms with van der Waals surface area (Å²) in [7, 11) is 2.09. The average molecular weight is 294 g/mol. The molecule has 1 aliphatic heterocycles. The van der Waals surface area contributed by atoms with Gasteiger partial charge in [-0.25, -0.2) is 0 Å². The van der Waals surface area contributed by atoms with Crippen molar-refractivity contribution in [1.82, 2.24) is 9.80 Å². The first-order valence-electron chi connectivity index (χ1n) is 6.56. The Bertz CT molecular complexity index is 509. The molecule has 0 bridgehead atoms. The molecular weight excluding hydrogens is 276 g/mol. The molecule has 108 valence electrons. The smallest absolute Gasteiger partial charge is 0.292 e. The van der Waals surface area contributed by atoms with E-state index in [4.69, 9.17) is 12.2 Å². The molecular formula is C13H18N4O2S. The van der Waals surface area contributed by atoms with Gasteiger partial charge in [-0.2, -0.15) is 0 Å². The van der Waals surface area contributed by atoms with Gasteiger partial charge < -0.3 is 15.1 Å². The lowest BCUT2D eigenvalue weighted by atomic mass is 10.3. The van der Waals surface area contributed by atoms with E-state index in [9.17, 15) is 10.1 Å². The normalized spacial score (nSPS) is 16.6. The molecule has 2 rings (SSSR count).